The summed E-state index contributed by atoms with van der Waals surface area (Å²) in [6, 6.07) is 3.74. The first-order chi connectivity index (χ1) is 8.15. The Kier molecular flexibility index (Phi) is 2.02. The Hall–Kier alpha value is -2.15. The van der Waals surface area contributed by atoms with Crippen molar-refractivity contribution in [3.63, 3.8) is 0 Å². The van der Waals surface area contributed by atoms with Crippen LogP contribution in [-0.2, 0) is 0 Å². The Morgan fingerprint density at radius 3 is 2.59 bits per heavy atom. The van der Waals surface area contributed by atoms with Crippen LogP contribution in [0.4, 0.5) is 11.4 Å². The van der Waals surface area contributed by atoms with Gasteiger partial charge in [0.1, 0.15) is 11.3 Å². The first-order valence-electron chi connectivity index (χ1n) is 4.98. The molecule has 7 heteroatoms. The van der Waals surface area contributed by atoms with E-state index in [-0.39, 0.29) is 0 Å². The van der Waals surface area contributed by atoms with Crippen molar-refractivity contribution in [1.82, 2.24) is 19.8 Å². The first-order valence-corrected chi connectivity index (χ1v) is 5.79. The zero-order valence-corrected chi connectivity index (χ0v) is 9.90. The van der Waals surface area contributed by atoms with Gasteiger partial charge in [0.2, 0.25) is 4.96 Å². The van der Waals surface area contributed by atoms with Crippen molar-refractivity contribution >= 4 is 27.7 Å². The Bertz CT molecular complexity index is 646. The van der Waals surface area contributed by atoms with Crippen molar-refractivity contribution in [2.24, 2.45) is 0 Å². The molecule has 0 aliphatic heterocycles. The Morgan fingerprint density at radius 2 is 1.94 bits per heavy atom. The Balaban J connectivity index is 2.18. The average Bonchev–Trinajstić information content (AvgIpc) is 2.84. The van der Waals surface area contributed by atoms with Crippen LogP contribution in [0, 0.1) is 6.92 Å². The van der Waals surface area contributed by atoms with Gasteiger partial charge in [-0.25, -0.2) is 0 Å². The van der Waals surface area contributed by atoms with Crippen molar-refractivity contribution in [3.05, 3.63) is 24.0 Å². The summed E-state index contributed by atoms with van der Waals surface area (Å²) in [5.74, 6) is 0. The normalized spacial score (nSPS) is 11.1. The van der Waals surface area contributed by atoms with Gasteiger partial charge in [-0.05, 0) is 24.6 Å². The molecule has 0 saturated heterocycles. The van der Waals surface area contributed by atoms with Gasteiger partial charge >= 0.3 is 0 Å². The van der Waals surface area contributed by atoms with Crippen LogP contribution in [0.3, 0.4) is 0 Å². The molecule has 3 rings (SSSR count). The lowest BCUT2D eigenvalue weighted by molar-refractivity contribution is 0.960. The topological polar surface area (TPSA) is 95.1 Å². The van der Waals surface area contributed by atoms with Crippen molar-refractivity contribution in [1.29, 1.82) is 0 Å². The highest BCUT2D eigenvalue weighted by Crippen LogP contribution is 2.30. The lowest BCUT2D eigenvalue weighted by Crippen LogP contribution is -1.97. The summed E-state index contributed by atoms with van der Waals surface area (Å²) in [5, 5.41) is 12.9. The number of nitrogens with two attached hydrogens (primary N) is 2. The van der Waals surface area contributed by atoms with E-state index in [2.05, 4.69) is 15.3 Å². The maximum absolute atomic E-state index is 5.89. The molecule has 6 nitrogen and oxygen atoms in total. The highest BCUT2D eigenvalue weighted by Gasteiger charge is 2.10. The zero-order chi connectivity index (χ0) is 12.0. The molecule has 86 valence electrons. The van der Waals surface area contributed by atoms with E-state index in [9.17, 15) is 0 Å². The molecule has 0 saturated carbocycles. The molecule has 0 radical (unpaired) electrons. The van der Waals surface area contributed by atoms with Crippen LogP contribution in [0.2, 0.25) is 0 Å². The van der Waals surface area contributed by atoms with Crippen LogP contribution in [0.25, 0.3) is 15.5 Å². The first kappa shape index (κ1) is 10.0. The summed E-state index contributed by atoms with van der Waals surface area (Å²) in [7, 11) is 0. The molecule has 17 heavy (non-hydrogen) atoms. The fraction of sp³-hybridized carbons (Fsp3) is 0.100. The minimum atomic E-state index is 0.672. The molecule has 0 fully saturated rings. The van der Waals surface area contributed by atoms with Gasteiger partial charge in [0.05, 0.1) is 0 Å². The maximum Gasteiger partial charge on any atom is 0.234 e. The minimum absolute atomic E-state index is 0.672. The lowest BCUT2D eigenvalue weighted by Gasteiger charge is -2.06. The standard InChI is InChI=1S/C10H10N6S/c1-5-7(11)2-6(3-8(5)12)9-15-16-4-13-14-10(16)17-9/h2-4H,11-12H2,1H3. The number of benzene rings is 1. The Labute approximate surface area is 101 Å². The van der Waals surface area contributed by atoms with E-state index in [0.29, 0.717) is 11.4 Å². The largest absolute Gasteiger partial charge is 0.398 e. The van der Waals surface area contributed by atoms with Gasteiger partial charge < -0.3 is 11.5 Å². The van der Waals surface area contributed by atoms with Gasteiger partial charge in [-0.3, -0.25) is 0 Å². The fourth-order valence-electron chi connectivity index (χ4n) is 1.56. The molecule has 2 aromatic heterocycles. The highest BCUT2D eigenvalue weighted by atomic mass is 32.1. The lowest BCUT2D eigenvalue weighted by atomic mass is 10.1. The summed E-state index contributed by atoms with van der Waals surface area (Å²) < 4.78 is 1.63. The molecular weight excluding hydrogens is 236 g/mol. The quantitative estimate of drug-likeness (QED) is 0.631. The summed E-state index contributed by atoms with van der Waals surface area (Å²) in [6.45, 7) is 1.90. The van der Waals surface area contributed by atoms with Crippen LogP contribution in [0.1, 0.15) is 5.56 Å². The third-order valence-electron chi connectivity index (χ3n) is 2.62. The van der Waals surface area contributed by atoms with E-state index in [1.54, 1.807) is 10.8 Å². The summed E-state index contributed by atoms with van der Waals surface area (Å²) in [4.78, 5) is 0.748. The SMILES string of the molecule is Cc1c(N)cc(-c2nn3cnnc3s2)cc1N. The van der Waals surface area contributed by atoms with E-state index in [0.717, 1.165) is 21.1 Å². The highest BCUT2D eigenvalue weighted by molar-refractivity contribution is 7.19. The number of nitrogen functional groups attached to an aromatic ring is 2. The predicted molar refractivity (Wildman–Crippen MR) is 67.7 cm³/mol. The van der Waals surface area contributed by atoms with E-state index in [1.807, 2.05) is 19.1 Å². The molecule has 0 aliphatic rings. The molecule has 0 bridgehead atoms. The van der Waals surface area contributed by atoms with E-state index in [1.165, 1.54) is 11.3 Å². The number of hydrogen-bond acceptors (Lipinski definition) is 6. The monoisotopic (exact) mass is 246 g/mol. The predicted octanol–water partition coefficient (Wildman–Crippen LogP) is 1.33. The number of anilines is 2. The fourth-order valence-corrected chi connectivity index (χ4v) is 2.37. The van der Waals surface area contributed by atoms with E-state index >= 15 is 0 Å². The molecule has 4 N–H and O–H groups in total. The second-order valence-corrected chi connectivity index (χ2v) is 4.70. The number of nitrogens with zero attached hydrogens (tertiary/aromatic N) is 4. The molecule has 2 heterocycles. The van der Waals surface area contributed by atoms with Gasteiger partial charge in [0, 0.05) is 16.9 Å². The smallest absolute Gasteiger partial charge is 0.234 e. The van der Waals surface area contributed by atoms with Crippen molar-refractivity contribution < 1.29 is 0 Å². The van der Waals surface area contributed by atoms with Crippen LogP contribution >= 0.6 is 11.3 Å². The van der Waals surface area contributed by atoms with Crippen LogP contribution < -0.4 is 11.5 Å². The number of aromatic nitrogens is 4. The number of rotatable bonds is 1. The van der Waals surface area contributed by atoms with Crippen molar-refractivity contribution in [2.45, 2.75) is 6.92 Å². The second-order valence-electron chi connectivity index (χ2n) is 3.74. The molecule has 0 atom stereocenters. The molecule has 0 spiro atoms. The molecule has 0 amide bonds. The van der Waals surface area contributed by atoms with Gasteiger partial charge in [-0.15, -0.1) is 10.2 Å². The van der Waals surface area contributed by atoms with Gasteiger partial charge in [-0.2, -0.15) is 9.61 Å². The molecular formula is C10H10N6S. The molecule has 0 aliphatic carbocycles. The maximum atomic E-state index is 5.89. The molecule has 3 aromatic rings. The third-order valence-corrected chi connectivity index (χ3v) is 3.58. The van der Waals surface area contributed by atoms with E-state index in [4.69, 9.17) is 11.5 Å². The van der Waals surface area contributed by atoms with Gasteiger partial charge in [0.25, 0.3) is 0 Å². The van der Waals surface area contributed by atoms with Crippen LogP contribution in [0.5, 0.6) is 0 Å². The second kappa shape index (κ2) is 3.42. The number of hydrogen-bond donors (Lipinski definition) is 2. The summed E-state index contributed by atoms with van der Waals surface area (Å²) in [5.41, 5.74) is 14.9. The zero-order valence-electron chi connectivity index (χ0n) is 9.08. The Morgan fingerprint density at radius 1 is 1.24 bits per heavy atom. The minimum Gasteiger partial charge on any atom is -0.398 e. The molecule has 1 aromatic carbocycles. The third kappa shape index (κ3) is 1.51. The summed E-state index contributed by atoms with van der Waals surface area (Å²) >= 11 is 1.45. The average molecular weight is 246 g/mol. The van der Waals surface area contributed by atoms with Crippen LogP contribution in [-0.4, -0.2) is 19.8 Å². The van der Waals surface area contributed by atoms with Crippen molar-refractivity contribution in [2.75, 3.05) is 11.5 Å². The van der Waals surface area contributed by atoms with Gasteiger partial charge in [-0.1, -0.05) is 11.3 Å². The van der Waals surface area contributed by atoms with Gasteiger partial charge in [0.15, 0.2) is 0 Å². The number of fused-ring (bicyclic) bond motifs is 1. The van der Waals surface area contributed by atoms with Crippen molar-refractivity contribution in [3.8, 4) is 10.6 Å². The van der Waals surface area contributed by atoms with Crippen LogP contribution in [0.15, 0.2) is 18.5 Å². The van der Waals surface area contributed by atoms with E-state index < -0.39 is 0 Å². The molecule has 0 unspecified atom stereocenters. The summed E-state index contributed by atoms with van der Waals surface area (Å²) in [6.07, 6.45) is 1.57.